The molecule has 0 radical (unpaired) electrons. The lowest BCUT2D eigenvalue weighted by Gasteiger charge is -2.02. The topological polar surface area (TPSA) is 41.6 Å². The molecular weight excluding hydrogens is 305 g/mol. The quantitative estimate of drug-likeness (QED) is 0.532. The van der Waals surface area contributed by atoms with Gasteiger partial charge in [0.2, 0.25) is 0 Å². The molecule has 2 heterocycles. The summed E-state index contributed by atoms with van der Waals surface area (Å²) in [6.07, 6.45) is 1.78. The molecule has 0 aliphatic carbocycles. The van der Waals surface area contributed by atoms with Crippen molar-refractivity contribution in [3.63, 3.8) is 0 Å². The number of benzene rings is 2. The lowest BCUT2D eigenvalue weighted by atomic mass is 10.1. The van der Waals surface area contributed by atoms with Crippen LogP contribution in [-0.2, 0) is 0 Å². The van der Waals surface area contributed by atoms with Gasteiger partial charge in [0, 0.05) is 17.1 Å². The number of rotatable bonds is 1. The van der Waals surface area contributed by atoms with Gasteiger partial charge in [-0.05, 0) is 24.3 Å². The fourth-order valence-corrected chi connectivity index (χ4v) is 2.76. The summed E-state index contributed by atoms with van der Waals surface area (Å²) in [6, 6.07) is 13.5. The number of halogens is 2. The summed E-state index contributed by atoms with van der Waals surface area (Å²) >= 11 is 12.1. The maximum Gasteiger partial charge on any atom is 0.139 e. The number of hydrogen-bond acceptors (Lipinski definition) is 2. The van der Waals surface area contributed by atoms with Crippen molar-refractivity contribution in [2.45, 2.75) is 0 Å². The third kappa shape index (κ3) is 2.06. The van der Waals surface area contributed by atoms with E-state index in [1.54, 1.807) is 18.3 Å². The maximum absolute atomic E-state index is 6.05. The van der Waals surface area contributed by atoms with E-state index in [1.807, 2.05) is 30.3 Å². The van der Waals surface area contributed by atoms with Gasteiger partial charge in [-0.1, -0.05) is 41.4 Å². The number of H-pyrrole nitrogens is 1. The SMILES string of the molecule is Clc1cc2nc(-c3ccnc4ccccc34)[nH]c2cc1Cl. The lowest BCUT2D eigenvalue weighted by molar-refractivity contribution is 1.33. The average Bonchev–Trinajstić information content (AvgIpc) is 2.90. The minimum absolute atomic E-state index is 0.502. The molecule has 5 heteroatoms. The first kappa shape index (κ1) is 12.6. The Balaban J connectivity index is 2.00. The molecule has 0 spiro atoms. The fraction of sp³-hybridized carbons (Fsp3) is 0. The van der Waals surface area contributed by atoms with Gasteiger partial charge in [-0.25, -0.2) is 4.98 Å². The Labute approximate surface area is 130 Å². The van der Waals surface area contributed by atoms with Crippen LogP contribution in [0.4, 0.5) is 0 Å². The predicted molar refractivity (Wildman–Crippen MR) is 86.9 cm³/mol. The minimum Gasteiger partial charge on any atom is -0.338 e. The molecule has 0 saturated heterocycles. The number of para-hydroxylation sites is 1. The molecule has 2 aromatic carbocycles. The van der Waals surface area contributed by atoms with Crippen molar-refractivity contribution >= 4 is 45.1 Å². The zero-order valence-electron chi connectivity index (χ0n) is 10.8. The largest absolute Gasteiger partial charge is 0.338 e. The van der Waals surface area contributed by atoms with Crippen molar-refractivity contribution < 1.29 is 0 Å². The molecule has 0 atom stereocenters. The highest BCUT2D eigenvalue weighted by atomic mass is 35.5. The molecule has 4 rings (SSSR count). The first-order chi connectivity index (χ1) is 10.2. The van der Waals surface area contributed by atoms with Crippen LogP contribution in [-0.4, -0.2) is 15.0 Å². The number of imidazole rings is 1. The molecule has 3 nitrogen and oxygen atoms in total. The molecule has 2 aromatic heterocycles. The number of aromatic nitrogens is 3. The number of fused-ring (bicyclic) bond motifs is 2. The normalized spacial score (nSPS) is 11.3. The second kappa shape index (κ2) is 4.72. The van der Waals surface area contributed by atoms with Crippen LogP contribution in [0.3, 0.4) is 0 Å². The molecule has 0 aliphatic rings. The van der Waals surface area contributed by atoms with Gasteiger partial charge >= 0.3 is 0 Å². The van der Waals surface area contributed by atoms with Crippen LogP contribution in [0.5, 0.6) is 0 Å². The van der Waals surface area contributed by atoms with Gasteiger partial charge in [-0.3, -0.25) is 4.98 Å². The van der Waals surface area contributed by atoms with E-state index < -0.39 is 0 Å². The summed E-state index contributed by atoms with van der Waals surface area (Å²) in [6.45, 7) is 0. The first-order valence-electron chi connectivity index (χ1n) is 6.41. The van der Waals surface area contributed by atoms with Gasteiger partial charge in [0.1, 0.15) is 5.82 Å². The highest BCUT2D eigenvalue weighted by molar-refractivity contribution is 6.42. The van der Waals surface area contributed by atoms with Crippen molar-refractivity contribution in [3.8, 4) is 11.4 Å². The van der Waals surface area contributed by atoms with Gasteiger partial charge in [0.05, 0.1) is 26.6 Å². The van der Waals surface area contributed by atoms with Crippen molar-refractivity contribution in [3.05, 3.63) is 58.7 Å². The van der Waals surface area contributed by atoms with E-state index in [0.717, 1.165) is 33.3 Å². The average molecular weight is 314 g/mol. The third-order valence-electron chi connectivity index (χ3n) is 3.43. The molecule has 0 fully saturated rings. The van der Waals surface area contributed by atoms with E-state index >= 15 is 0 Å². The van der Waals surface area contributed by atoms with E-state index in [9.17, 15) is 0 Å². The fourth-order valence-electron chi connectivity index (χ4n) is 2.43. The summed E-state index contributed by atoms with van der Waals surface area (Å²) in [5, 5.41) is 2.07. The number of hydrogen-bond donors (Lipinski definition) is 1. The van der Waals surface area contributed by atoms with Crippen LogP contribution in [0, 0.1) is 0 Å². The zero-order chi connectivity index (χ0) is 14.4. The Morgan fingerprint density at radius 3 is 2.62 bits per heavy atom. The summed E-state index contributed by atoms with van der Waals surface area (Å²) < 4.78 is 0. The molecule has 0 amide bonds. The van der Waals surface area contributed by atoms with Gasteiger partial charge in [-0.15, -0.1) is 0 Å². The number of nitrogens with zero attached hydrogens (tertiary/aromatic N) is 2. The molecule has 0 bridgehead atoms. The summed E-state index contributed by atoms with van der Waals surface area (Å²) in [5.41, 5.74) is 3.59. The molecule has 21 heavy (non-hydrogen) atoms. The second-order valence-corrected chi connectivity index (χ2v) is 5.56. The Morgan fingerprint density at radius 2 is 1.71 bits per heavy atom. The van der Waals surface area contributed by atoms with Crippen LogP contribution in [0.2, 0.25) is 10.0 Å². The van der Waals surface area contributed by atoms with Gasteiger partial charge < -0.3 is 4.98 Å². The van der Waals surface area contributed by atoms with Crippen LogP contribution < -0.4 is 0 Å². The zero-order valence-corrected chi connectivity index (χ0v) is 12.3. The maximum atomic E-state index is 6.05. The minimum atomic E-state index is 0.502. The van der Waals surface area contributed by atoms with E-state index in [2.05, 4.69) is 15.0 Å². The van der Waals surface area contributed by atoms with Crippen LogP contribution >= 0.6 is 23.2 Å². The summed E-state index contributed by atoms with van der Waals surface area (Å²) in [7, 11) is 0. The van der Waals surface area contributed by atoms with Gasteiger partial charge in [0.15, 0.2) is 0 Å². The van der Waals surface area contributed by atoms with Gasteiger partial charge in [0.25, 0.3) is 0 Å². The van der Waals surface area contributed by atoms with E-state index in [0.29, 0.717) is 10.0 Å². The first-order valence-corrected chi connectivity index (χ1v) is 7.17. The van der Waals surface area contributed by atoms with E-state index in [4.69, 9.17) is 23.2 Å². The Morgan fingerprint density at radius 1 is 0.905 bits per heavy atom. The lowest BCUT2D eigenvalue weighted by Crippen LogP contribution is -1.85. The Bertz CT molecular complexity index is 932. The second-order valence-electron chi connectivity index (χ2n) is 4.74. The van der Waals surface area contributed by atoms with Crippen LogP contribution in [0.1, 0.15) is 0 Å². The number of aromatic amines is 1. The molecule has 1 N–H and O–H groups in total. The molecule has 0 saturated carbocycles. The number of pyridine rings is 1. The molecule has 4 aromatic rings. The molecule has 0 aliphatic heterocycles. The molecular formula is C16H9Cl2N3. The van der Waals surface area contributed by atoms with E-state index in [1.165, 1.54) is 0 Å². The monoisotopic (exact) mass is 313 g/mol. The molecule has 102 valence electrons. The van der Waals surface area contributed by atoms with Gasteiger partial charge in [-0.2, -0.15) is 0 Å². The highest BCUT2D eigenvalue weighted by Crippen LogP contribution is 2.30. The smallest absolute Gasteiger partial charge is 0.139 e. The summed E-state index contributed by atoms with van der Waals surface area (Å²) in [5.74, 6) is 0.780. The summed E-state index contributed by atoms with van der Waals surface area (Å²) in [4.78, 5) is 12.3. The van der Waals surface area contributed by atoms with Crippen molar-refractivity contribution in [1.82, 2.24) is 15.0 Å². The predicted octanol–water partition coefficient (Wildman–Crippen LogP) is 5.08. The standard InChI is InChI=1S/C16H9Cl2N3/c17-11-7-14-15(8-12(11)18)21-16(20-14)10-5-6-19-13-4-2-1-3-9(10)13/h1-8H,(H,20,21). The van der Waals surface area contributed by atoms with Crippen LogP contribution in [0.25, 0.3) is 33.3 Å². The Hall–Kier alpha value is -2.10. The van der Waals surface area contributed by atoms with E-state index in [-0.39, 0.29) is 0 Å². The van der Waals surface area contributed by atoms with Crippen LogP contribution in [0.15, 0.2) is 48.7 Å². The van der Waals surface area contributed by atoms with Crippen molar-refractivity contribution in [1.29, 1.82) is 0 Å². The Kier molecular flexibility index (Phi) is 2.84. The van der Waals surface area contributed by atoms with Crippen molar-refractivity contribution in [2.75, 3.05) is 0 Å². The molecule has 0 unspecified atom stereocenters. The number of nitrogens with one attached hydrogen (secondary N) is 1. The van der Waals surface area contributed by atoms with Crippen molar-refractivity contribution in [2.24, 2.45) is 0 Å². The highest BCUT2D eigenvalue weighted by Gasteiger charge is 2.10. The third-order valence-corrected chi connectivity index (χ3v) is 4.15.